The third-order valence-corrected chi connectivity index (χ3v) is 5.45. The molecule has 144 valence electrons. The Balaban J connectivity index is 1.46. The lowest BCUT2D eigenvalue weighted by atomic mass is 10.1. The second kappa shape index (κ2) is 10.3. The maximum absolute atomic E-state index is 12.4. The molecule has 1 fully saturated rings. The summed E-state index contributed by atoms with van der Waals surface area (Å²) < 4.78 is 5.41. The number of nitrogens with zero attached hydrogens (tertiary/aromatic N) is 2. The van der Waals surface area contributed by atoms with Gasteiger partial charge in [0, 0.05) is 24.2 Å². The van der Waals surface area contributed by atoms with Crippen molar-refractivity contribution in [1.29, 1.82) is 0 Å². The van der Waals surface area contributed by atoms with Gasteiger partial charge in [-0.3, -0.25) is 4.79 Å². The number of nitrogens with one attached hydrogen (secondary N) is 1. The van der Waals surface area contributed by atoms with Crippen LogP contribution in [0.5, 0.6) is 5.75 Å². The van der Waals surface area contributed by atoms with Crippen LogP contribution in [0.15, 0.2) is 47.6 Å². The zero-order valence-electron chi connectivity index (χ0n) is 15.8. The van der Waals surface area contributed by atoms with Crippen molar-refractivity contribution >= 4 is 23.4 Å². The standard InChI is InChI=1S/C21H27N3O2S/c1-2-26-19-9-7-18(8-10-19)23-21(25)17-6-11-20(22-16-17)27-15-14-24-12-4-3-5-13-24/h6-11,16H,2-5,12-15H2,1H3,(H,23,25). The number of carbonyl (C=O) groups is 1. The van der Waals surface area contributed by atoms with Crippen molar-refractivity contribution < 1.29 is 9.53 Å². The lowest BCUT2D eigenvalue weighted by Crippen LogP contribution is -2.31. The highest BCUT2D eigenvalue weighted by atomic mass is 32.2. The number of benzene rings is 1. The highest BCUT2D eigenvalue weighted by Crippen LogP contribution is 2.19. The number of piperidine rings is 1. The average molecular weight is 386 g/mol. The summed E-state index contributed by atoms with van der Waals surface area (Å²) in [4.78, 5) is 19.3. The minimum atomic E-state index is -0.156. The average Bonchev–Trinajstić information content (AvgIpc) is 2.71. The van der Waals surface area contributed by atoms with Crippen LogP contribution in [-0.4, -0.2) is 47.8 Å². The summed E-state index contributed by atoms with van der Waals surface area (Å²) in [5.74, 6) is 1.67. The van der Waals surface area contributed by atoms with E-state index in [1.807, 2.05) is 43.3 Å². The Bertz CT molecular complexity index is 713. The molecule has 1 aliphatic heterocycles. The fourth-order valence-corrected chi connectivity index (χ4v) is 3.92. The number of carbonyl (C=O) groups excluding carboxylic acids is 1. The molecule has 1 aromatic heterocycles. The second-order valence-electron chi connectivity index (χ2n) is 6.55. The Morgan fingerprint density at radius 2 is 1.93 bits per heavy atom. The first-order valence-electron chi connectivity index (χ1n) is 9.60. The van der Waals surface area contributed by atoms with Crippen molar-refractivity contribution in [2.24, 2.45) is 0 Å². The van der Waals surface area contributed by atoms with Gasteiger partial charge < -0.3 is 15.0 Å². The van der Waals surface area contributed by atoms with Gasteiger partial charge >= 0.3 is 0 Å². The lowest BCUT2D eigenvalue weighted by molar-refractivity contribution is 0.102. The first-order chi connectivity index (χ1) is 13.2. The summed E-state index contributed by atoms with van der Waals surface area (Å²) in [6.07, 6.45) is 5.65. The Morgan fingerprint density at radius 3 is 2.59 bits per heavy atom. The summed E-state index contributed by atoms with van der Waals surface area (Å²) in [5, 5.41) is 3.85. The molecule has 2 aromatic rings. The van der Waals surface area contributed by atoms with Gasteiger partial charge in [-0.05, 0) is 69.3 Å². The van der Waals surface area contributed by atoms with Gasteiger partial charge in [-0.2, -0.15) is 0 Å². The molecule has 0 radical (unpaired) electrons. The van der Waals surface area contributed by atoms with E-state index >= 15 is 0 Å². The van der Waals surface area contributed by atoms with Crippen LogP contribution < -0.4 is 10.1 Å². The van der Waals surface area contributed by atoms with Crippen LogP contribution in [0.1, 0.15) is 36.5 Å². The molecule has 1 saturated heterocycles. The van der Waals surface area contributed by atoms with E-state index in [1.165, 1.54) is 32.4 Å². The number of aromatic nitrogens is 1. The highest BCUT2D eigenvalue weighted by molar-refractivity contribution is 7.99. The number of hydrogen-bond acceptors (Lipinski definition) is 5. The van der Waals surface area contributed by atoms with E-state index in [0.717, 1.165) is 28.8 Å². The molecular formula is C21H27N3O2S. The van der Waals surface area contributed by atoms with Gasteiger partial charge in [-0.15, -0.1) is 11.8 Å². The summed E-state index contributed by atoms with van der Waals surface area (Å²) in [6, 6.07) is 11.1. The van der Waals surface area contributed by atoms with Crippen molar-refractivity contribution in [2.45, 2.75) is 31.2 Å². The molecule has 0 atom stereocenters. The highest BCUT2D eigenvalue weighted by Gasteiger charge is 2.10. The largest absolute Gasteiger partial charge is 0.494 e. The monoisotopic (exact) mass is 385 g/mol. The first kappa shape index (κ1) is 19.7. The maximum Gasteiger partial charge on any atom is 0.257 e. The zero-order valence-corrected chi connectivity index (χ0v) is 16.6. The first-order valence-corrected chi connectivity index (χ1v) is 10.6. The molecular weight excluding hydrogens is 358 g/mol. The quantitative estimate of drug-likeness (QED) is 0.686. The third kappa shape index (κ3) is 6.26. The normalized spacial score (nSPS) is 14.7. The van der Waals surface area contributed by atoms with Crippen molar-refractivity contribution in [3.63, 3.8) is 0 Å². The number of amides is 1. The van der Waals surface area contributed by atoms with Crippen LogP contribution in [0.2, 0.25) is 0 Å². The fourth-order valence-electron chi connectivity index (χ4n) is 3.07. The lowest BCUT2D eigenvalue weighted by Gasteiger charge is -2.25. The Hall–Kier alpha value is -2.05. The van der Waals surface area contributed by atoms with Gasteiger partial charge in [0.15, 0.2) is 0 Å². The molecule has 0 saturated carbocycles. The van der Waals surface area contributed by atoms with Crippen molar-refractivity contribution in [3.05, 3.63) is 48.2 Å². The van der Waals surface area contributed by atoms with Gasteiger partial charge in [-0.25, -0.2) is 4.98 Å². The third-order valence-electron chi connectivity index (χ3n) is 4.53. The van der Waals surface area contributed by atoms with Crippen LogP contribution in [0.25, 0.3) is 0 Å². The van der Waals surface area contributed by atoms with Crippen molar-refractivity contribution in [2.75, 3.05) is 37.3 Å². The summed E-state index contributed by atoms with van der Waals surface area (Å²) in [6.45, 7) is 6.11. The molecule has 2 heterocycles. The Kier molecular flexibility index (Phi) is 7.54. The van der Waals surface area contributed by atoms with Crippen LogP contribution >= 0.6 is 11.8 Å². The molecule has 5 nitrogen and oxygen atoms in total. The molecule has 6 heteroatoms. The fraction of sp³-hybridized carbons (Fsp3) is 0.429. The summed E-state index contributed by atoms with van der Waals surface area (Å²) in [5.41, 5.74) is 1.30. The molecule has 3 rings (SSSR count). The van der Waals surface area contributed by atoms with Crippen LogP contribution in [-0.2, 0) is 0 Å². The Morgan fingerprint density at radius 1 is 1.15 bits per heavy atom. The molecule has 1 N–H and O–H groups in total. The molecule has 0 aliphatic carbocycles. The summed E-state index contributed by atoms with van der Waals surface area (Å²) in [7, 11) is 0. The van der Waals surface area contributed by atoms with Crippen molar-refractivity contribution in [3.8, 4) is 5.75 Å². The smallest absolute Gasteiger partial charge is 0.257 e. The van der Waals surface area contributed by atoms with E-state index in [9.17, 15) is 4.79 Å². The molecule has 0 spiro atoms. The van der Waals surface area contributed by atoms with Crippen LogP contribution in [0, 0.1) is 0 Å². The van der Waals surface area contributed by atoms with Gasteiger partial charge in [0.25, 0.3) is 5.91 Å². The number of hydrogen-bond donors (Lipinski definition) is 1. The topological polar surface area (TPSA) is 54.5 Å². The SMILES string of the molecule is CCOc1ccc(NC(=O)c2ccc(SCCN3CCCCC3)nc2)cc1. The van der Waals surface area contributed by atoms with Gasteiger partial charge in [0.2, 0.25) is 0 Å². The predicted molar refractivity (Wildman–Crippen MR) is 111 cm³/mol. The molecule has 0 bridgehead atoms. The summed E-state index contributed by atoms with van der Waals surface area (Å²) >= 11 is 1.75. The van der Waals surface area contributed by atoms with E-state index in [2.05, 4.69) is 15.2 Å². The van der Waals surface area contributed by atoms with Crippen LogP contribution in [0.3, 0.4) is 0 Å². The van der Waals surface area contributed by atoms with E-state index in [0.29, 0.717) is 12.2 Å². The van der Waals surface area contributed by atoms with Crippen LogP contribution in [0.4, 0.5) is 5.69 Å². The molecule has 1 amide bonds. The van der Waals surface area contributed by atoms with E-state index < -0.39 is 0 Å². The number of rotatable bonds is 8. The minimum Gasteiger partial charge on any atom is -0.494 e. The predicted octanol–water partition coefficient (Wildman–Crippen LogP) is 4.31. The second-order valence-corrected chi connectivity index (χ2v) is 7.66. The van der Waals surface area contributed by atoms with Gasteiger partial charge in [-0.1, -0.05) is 6.42 Å². The zero-order chi connectivity index (χ0) is 18.9. The van der Waals surface area contributed by atoms with E-state index in [4.69, 9.17) is 4.74 Å². The number of ether oxygens (including phenoxy) is 1. The Labute approximate surface area is 165 Å². The number of thioether (sulfide) groups is 1. The molecule has 1 aromatic carbocycles. The minimum absolute atomic E-state index is 0.156. The van der Waals surface area contributed by atoms with Crippen molar-refractivity contribution in [1.82, 2.24) is 9.88 Å². The van der Waals surface area contributed by atoms with Gasteiger partial charge in [0.05, 0.1) is 17.2 Å². The van der Waals surface area contributed by atoms with Gasteiger partial charge in [0.1, 0.15) is 5.75 Å². The number of anilines is 1. The molecule has 0 unspecified atom stereocenters. The van der Waals surface area contributed by atoms with E-state index in [1.54, 1.807) is 18.0 Å². The molecule has 27 heavy (non-hydrogen) atoms. The van der Waals surface area contributed by atoms with E-state index in [-0.39, 0.29) is 5.91 Å². The number of pyridine rings is 1. The molecule has 1 aliphatic rings. The number of likely N-dealkylation sites (tertiary alicyclic amines) is 1. The maximum atomic E-state index is 12.4.